The number of aliphatic imine (C=N–C) groups is 2. The number of ether oxygens (including phenoxy) is 1. The molecule has 0 aromatic rings. The Morgan fingerprint density at radius 3 is 2.82 bits per heavy atom. The Bertz CT molecular complexity index is 373. The van der Waals surface area contributed by atoms with Gasteiger partial charge >= 0.3 is 0 Å². The van der Waals surface area contributed by atoms with Gasteiger partial charge in [0.05, 0.1) is 11.9 Å². The van der Waals surface area contributed by atoms with Crippen LogP contribution in [0.25, 0.3) is 0 Å². The van der Waals surface area contributed by atoms with Gasteiger partial charge in [0.1, 0.15) is 11.7 Å². The molecule has 0 saturated carbocycles. The van der Waals surface area contributed by atoms with Crippen molar-refractivity contribution < 1.29 is 4.74 Å². The summed E-state index contributed by atoms with van der Waals surface area (Å²) in [6.45, 7) is 4.86. The molecule has 92 valence electrons. The molecule has 1 heterocycles. The topological polar surface area (TPSA) is 60.0 Å². The smallest absolute Gasteiger partial charge is 0.133 e. The standard InChI is InChI=1S/C12H16ClN3O/c1-15-8-11(14)12(16-9-13)3-2-10-4-6-17-7-5-10/h8,10H,1,4-7,9,14H2/b11-8+,16-12-. The number of halogens is 1. The van der Waals surface area contributed by atoms with Crippen LogP contribution in [-0.2, 0) is 4.74 Å². The fourth-order valence-corrected chi connectivity index (χ4v) is 1.55. The molecule has 0 amide bonds. The van der Waals surface area contributed by atoms with Crippen LogP contribution in [-0.4, -0.2) is 31.6 Å². The monoisotopic (exact) mass is 253 g/mol. The first-order chi connectivity index (χ1) is 8.27. The molecule has 0 spiro atoms. The summed E-state index contributed by atoms with van der Waals surface area (Å²) in [6, 6.07) is 0.128. The Morgan fingerprint density at radius 2 is 2.24 bits per heavy atom. The van der Waals surface area contributed by atoms with Gasteiger partial charge in [-0.2, -0.15) is 0 Å². The highest BCUT2D eigenvalue weighted by molar-refractivity contribution is 6.20. The summed E-state index contributed by atoms with van der Waals surface area (Å²) in [7, 11) is 0. The van der Waals surface area contributed by atoms with Gasteiger partial charge in [-0.3, -0.25) is 9.98 Å². The van der Waals surface area contributed by atoms with E-state index in [9.17, 15) is 0 Å². The van der Waals surface area contributed by atoms with Crippen LogP contribution in [0.15, 0.2) is 21.9 Å². The summed E-state index contributed by atoms with van der Waals surface area (Å²) in [5.74, 6) is 6.44. The van der Waals surface area contributed by atoms with E-state index in [1.807, 2.05) is 0 Å². The maximum absolute atomic E-state index is 5.74. The van der Waals surface area contributed by atoms with Gasteiger partial charge in [0.2, 0.25) is 0 Å². The van der Waals surface area contributed by atoms with E-state index < -0.39 is 0 Å². The fraction of sp³-hybridized carbons (Fsp3) is 0.500. The zero-order chi connectivity index (χ0) is 12.5. The van der Waals surface area contributed by atoms with Crippen LogP contribution >= 0.6 is 11.6 Å². The van der Waals surface area contributed by atoms with Gasteiger partial charge in [-0.05, 0) is 25.5 Å². The first-order valence-corrected chi connectivity index (χ1v) is 5.93. The molecule has 1 saturated heterocycles. The van der Waals surface area contributed by atoms with Gasteiger partial charge in [-0.15, -0.1) is 11.6 Å². The second-order valence-corrected chi connectivity index (χ2v) is 3.79. The average Bonchev–Trinajstić information content (AvgIpc) is 2.36. The molecule has 2 N–H and O–H groups in total. The number of nitrogens with two attached hydrogens (primary N) is 1. The zero-order valence-corrected chi connectivity index (χ0v) is 10.4. The molecule has 0 unspecified atom stereocenters. The Hall–Kier alpha value is -1.31. The number of allylic oxidation sites excluding steroid dienone is 1. The van der Waals surface area contributed by atoms with Crippen LogP contribution in [0, 0.1) is 17.8 Å². The van der Waals surface area contributed by atoms with Crippen LogP contribution < -0.4 is 5.73 Å². The molecule has 0 bridgehead atoms. The first kappa shape index (κ1) is 13.8. The Balaban J connectivity index is 2.72. The lowest BCUT2D eigenvalue weighted by atomic mass is 10.0. The van der Waals surface area contributed by atoms with E-state index >= 15 is 0 Å². The molecule has 1 fully saturated rings. The molecule has 4 nitrogen and oxygen atoms in total. The SMILES string of the molecule is C=N/C=C(N)\C(C#CC1CCOCC1)=N/CCl. The van der Waals surface area contributed by atoms with E-state index in [4.69, 9.17) is 22.1 Å². The quantitative estimate of drug-likeness (QED) is 0.359. The normalized spacial score (nSPS) is 18.4. The van der Waals surface area contributed by atoms with E-state index in [0.717, 1.165) is 26.1 Å². The number of rotatable bonds is 3. The van der Waals surface area contributed by atoms with Crippen LogP contribution in [0.5, 0.6) is 0 Å². The Kier molecular flexibility index (Phi) is 6.38. The zero-order valence-electron chi connectivity index (χ0n) is 9.66. The molecule has 0 atom stereocenters. The van der Waals surface area contributed by atoms with Crippen molar-refractivity contribution in [1.29, 1.82) is 0 Å². The highest BCUT2D eigenvalue weighted by Crippen LogP contribution is 2.13. The van der Waals surface area contributed by atoms with Crippen LogP contribution in [0.2, 0.25) is 0 Å². The molecule has 1 rings (SSSR count). The molecule has 0 aliphatic carbocycles. The van der Waals surface area contributed by atoms with Crippen molar-refractivity contribution in [3.8, 4) is 11.8 Å². The number of hydrogen-bond donors (Lipinski definition) is 1. The molecule has 0 radical (unpaired) electrons. The van der Waals surface area contributed by atoms with Crippen molar-refractivity contribution in [2.24, 2.45) is 21.6 Å². The molecule has 1 aliphatic heterocycles. The van der Waals surface area contributed by atoms with Crippen molar-refractivity contribution in [2.45, 2.75) is 12.8 Å². The van der Waals surface area contributed by atoms with Gasteiger partial charge in [0.25, 0.3) is 0 Å². The summed E-state index contributed by atoms with van der Waals surface area (Å²) in [5, 5.41) is 0. The molecular weight excluding hydrogens is 238 g/mol. The minimum Gasteiger partial charge on any atom is -0.395 e. The predicted octanol–water partition coefficient (Wildman–Crippen LogP) is 1.55. The Morgan fingerprint density at radius 1 is 1.53 bits per heavy atom. The summed E-state index contributed by atoms with van der Waals surface area (Å²) < 4.78 is 5.26. The minimum atomic E-state index is 0.128. The summed E-state index contributed by atoms with van der Waals surface area (Å²) >= 11 is 5.56. The number of hydrogen-bond acceptors (Lipinski definition) is 4. The largest absolute Gasteiger partial charge is 0.395 e. The predicted molar refractivity (Wildman–Crippen MR) is 71.3 cm³/mol. The number of nitrogens with zero attached hydrogens (tertiary/aromatic N) is 2. The second kappa shape index (κ2) is 7.88. The highest BCUT2D eigenvalue weighted by atomic mass is 35.5. The summed E-state index contributed by atoms with van der Waals surface area (Å²) in [4.78, 5) is 7.61. The van der Waals surface area contributed by atoms with Crippen LogP contribution in [0.1, 0.15) is 12.8 Å². The third-order valence-electron chi connectivity index (χ3n) is 2.34. The number of alkyl halides is 1. The molecule has 1 aliphatic rings. The van der Waals surface area contributed by atoms with E-state index in [1.165, 1.54) is 6.20 Å². The molecular formula is C12H16ClN3O. The van der Waals surface area contributed by atoms with Crippen LogP contribution in [0.4, 0.5) is 0 Å². The van der Waals surface area contributed by atoms with E-state index in [1.54, 1.807) is 0 Å². The lowest BCUT2D eigenvalue weighted by molar-refractivity contribution is 0.0807. The van der Waals surface area contributed by atoms with Gasteiger partial charge in [-0.1, -0.05) is 5.92 Å². The fourth-order valence-electron chi connectivity index (χ4n) is 1.43. The van der Waals surface area contributed by atoms with E-state index in [-0.39, 0.29) is 6.00 Å². The van der Waals surface area contributed by atoms with Gasteiger partial charge in [0, 0.05) is 19.1 Å². The summed E-state index contributed by atoms with van der Waals surface area (Å²) in [5.41, 5.74) is 6.60. The molecule has 0 aromatic heterocycles. The third-order valence-corrected chi connectivity index (χ3v) is 2.46. The minimum absolute atomic E-state index is 0.128. The lowest BCUT2D eigenvalue weighted by Gasteiger charge is -2.16. The summed E-state index contributed by atoms with van der Waals surface area (Å²) in [6.07, 6.45) is 3.32. The Labute approximate surface area is 107 Å². The van der Waals surface area contributed by atoms with Gasteiger partial charge < -0.3 is 10.5 Å². The molecule has 0 aromatic carbocycles. The highest BCUT2D eigenvalue weighted by Gasteiger charge is 2.10. The van der Waals surface area contributed by atoms with Gasteiger partial charge in [0.15, 0.2) is 0 Å². The van der Waals surface area contributed by atoms with E-state index in [2.05, 4.69) is 28.5 Å². The van der Waals surface area contributed by atoms with E-state index in [0.29, 0.717) is 17.3 Å². The van der Waals surface area contributed by atoms with Crippen molar-refractivity contribution >= 4 is 24.0 Å². The maximum atomic E-state index is 5.74. The second-order valence-electron chi connectivity index (χ2n) is 3.55. The maximum Gasteiger partial charge on any atom is 0.133 e. The van der Waals surface area contributed by atoms with Crippen molar-refractivity contribution in [3.63, 3.8) is 0 Å². The first-order valence-electron chi connectivity index (χ1n) is 5.39. The van der Waals surface area contributed by atoms with Gasteiger partial charge in [-0.25, -0.2) is 0 Å². The van der Waals surface area contributed by atoms with Crippen molar-refractivity contribution in [1.82, 2.24) is 0 Å². The van der Waals surface area contributed by atoms with Crippen LogP contribution in [0.3, 0.4) is 0 Å². The third kappa shape index (κ3) is 5.03. The lowest BCUT2D eigenvalue weighted by Crippen LogP contribution is -2.15. The molecule has 5 heteroatoms. The van der Waals surface area contributed by atoms with Crippen molar-refractivity contribution in [2.75, 3.05) is 19.2 Å². The molecule has 17 heavy (non-hydrogen) atoms. The van der Waals surface area contributed by atoms with Crippen molar-refractivity contribution in [3.05, 3.63) is 11.9 Å². The average molecular weight is 254 g/mol.